The highest BCUT2D eigenvalue weighted by Gasteiger charge is 2.12. The van der Waals surface area contributed by atoms with Gasteiger partial charge in [0.15, 0.2) is 5.58 Å². The highest BCUT2D eigenvalue weighted by Crippen LogP contribution is 2.28. The molecule has 1 aromatic heterocycles. The molecule has 4 aromatic rings. The predicted octanol–water partition coefficient (Wildman–Crippen LogP) is 6.87. The largest absolute Gasteiger partial charge is 0.436 e. The van der Waals surface area contributed by atoms with E-state index in [0.717, 1.165) is 32.3 Å². The van der Waals surface area contributed by atoms with Gasteiger partial charge in [-0.1, -0.05) is 26.0 Å². The summed E-state index contributed by atoms with van der Waals surface area (Å²) >= 11 is 2.20. The zero-order valence-electron chi connectivity index (χ0n) is 16.3. The highest BCUT2D eigenvalue weighted by atomic mass is 127. The minimum Gasteiger partial charge on any atom is -0.436 e. The van der Waals surface area contributed by atoms with Gasteiger partial charge in [-0.2, -0.15) is 0 Å². The lowest BCUT2D eigenvalue weighted by molar-refractivity contribution is 0.102. The summed E-state index contributed by atoms with van der Waals surface area (Å²) in [6.07, 6.45) is 1.09. The number of oxazole rings is 1. The SMILES string of the molecule is CCC(C)c1ccc2oc(-c3ccc(NC(=O)c4cccc(I)c4)cc3)nc2c1. The van der Waals surface area contributed by atoms with Gasteiger partial charge in [0.25, 0.3) is 5.91 Å². The summed E-state index contributed by atoms with van der Waals surface area (Å²) in [5.74, 6) is 0.947. The zero-order chi connectivity index (χ0) is 20.4. The molecule has 0 fully saturated rings. The summed E-state index contributed by atoms with van der Waals surface area (Å²) in [7, 11) is 0. The maximum absolute atomic E-state index is 12.4. The normalized spacial score (nSPS) is 12.1. The molecule has 3 aromatic carbocycles. The topological polar surface area (TPSA) is 55.1 Å². The van der Waals surface area contributed by atoms with Crippen LogP contribution in [0.25, 0.3) is 22.6 Å². The summed E-state index contributed by atoms with van der Waals surface area (Å²) in [6.45, 7) is 4.40. The summed E-state index contributed by atoms with van der Waals surface area (Å²) in [5.41, 5.74) is 5.16. The van der Waals surface area contributed by atoms with Gasteiger partial charge in [0, 0.05) is 20.4 Å². The molecule has 5 heteroatoms. The second-order valence-electron chi connectivity index (χ2n) is 7.10. The molecular weight excluding hydrogens is 475 g/mol. The van der Waals surface area contributed by atoms with Gasteiger partial charge in [0.05, 0.1) is 0 Å². The average molecular weight is 496 g/mol. The molecule has 4 nitrogen and oxygen atoms in total. The Kier molecular flexibility index (Phi) is 5.67. The molecular formula is C24H21IN2O2. The van der Waals surface area contributed by atoms with Gasteiger partial charge in [-0.15, -0.1) is 0 Å². The number of rotatable bonds is 5. The number of halogens is 1. The van der Waals surface area contributed by atoms with Crippen LogP contribution in [0.1, 0.15) is 42.1 Å². The molecule has 0 saturated heterocycles. The van der Waals surface area contributed by atoms with Gasteiger partial charge in [0.1, 0.15) is 5.52 Å². The molecule has 1 heterocycles. The molecule has 0 radical (unpaired) electrons. The van der Waals surface area contributed by atoms with Gasteiger partial charge >= 0.3 is 0 Å². The van der Waals surface area contributed by atoms with Crippen molar-refractivity contribution in [2.24, 2.45) is 0 Å². The zero-order valence-corrected chi connectivity index (χ0v) is 18.4. The summed E-state index contributed by atoms with van der Waals surface area (Å²) in [5, 5.41) is 2.92. The molecule has 1 N–H and O–H groups in total. The second kappa shape index (κ2) is 8.37. The molecule has 0 bridgehead atoms. The van der Waals surface area contributed by atoms with E-state index in [4.69, 9.17) is 4.42 Å². The van der Waals surface area contributed by atoms with Crippen molar-refractivity contribution in [3.8, 4) is 11.5 Å². The fourth-order valence-corrected chi connectivity index (χ4v) is 3.68. The fraction of sp³-hybridized carbons (Fsp3) is 0.167. The Balaban J connectivity index is 1.53. The number of carbonyl (C=O) groups excluding carboxylic acids is 1. The maximum atomic E-state index is 12.4. The lowest BCUT2D eigenvalue weighted by atomic mass is 9.98. The monoisotopic (exact) mass is 496 g/mol. The van der Waals surface area contributed by atoms with E-state index in [-0.39, 0.29) is 5.91 Å². The average Bonchev–Trinajstić information content (AvgIpc) is 3.17. The van der Waals surface area contributed by atoms with Crippen LogP contribution in [0.4, 0.5) is 5.69 Å². The van der Waals surface area contributed by atoms with Gasteiger partial charge < -0.3 is 9.73 Å². The first kappa shape index (κ1) is 19.6. The van der Waals surface area contributed by atoms with Crippen molar-refractivity contribution in [3.63, 3.8) is 0 Å². The van der Waals surface area contributed by atoms with Crippen LogP contribution < -0.4 is 5.32 Å². The lowest BCUT2D eigenvalue weighted by Crippen LogP contribution is -2.11. The predicted molar refractivity (Wildman–Crippen MR) is 125 cm³/mol. The van der Waals surface area contributed by atoms with Crippen LogP contribution in [0.5, 0.6) is 0 Å². The molecule has 1 atom stereocenters. The number of nitrogens with zero attached hydrogens (tertiary/aromatic N) is 1. The Bertz CT molecular complexity index is 1170. The van der Waals surface area contributed by atoms with Gasteiger partial charge in [-0.3, -0.25) is 4.79 Å². The number of fused-ring (bicyclic) bond motifs is 1. The van der Waals surface area contributed by atoms with Crippen molar-refractivity contribution >= 4 is 45.3 Å². The Hall–Kier alpha value is -2.67. The molecule has 4 rings (SSSR count). The van der Waals surface area contributed by atoms with E-state index in [1.54, 1.807) is 6.07 Å². The Morgan fingerprint density at radius 1 is 1.10 bits per heavy atom. The van der Waals surface area contributed by atoms with Crippen LogP contribution in [0.2, 0.25) is 0 Å². The summed E-state index contributed by atoms with van der Waals surface area (Å²) in [4.78, 5) is 17.1. The number of hydrogen-bond acceptors (Lipinski definition) is 3. The number of aromatic nitrogens is 1. The van der Waals surface area contributed by atoms with Crippen LogP contribution in [0.3, 0.4) is 0 Å². The molecule has 0 aliphatic rings. The smallest absolute Gasteiger partial charge is 0.255 e. The Labute approximate surface area is 183 Å². The summed E-state index contributed by atoms with van der Waals surface area (Å²) < 4.78 is 6.95. The molecule has 1 amide bonds. The molecule has 0 aliphatic carbocycles. The van der Waals surface area contributed by atoms with Crippen molar-refractivity contribution in [3.05, 3.63) is 81.4 Å². The van der Waals surface area contributed by atoms with Crippen LogP contribution >= 0.6 is 22.6 Å². The van der Waals surface area contributed by atoms with E-state index in [2.05, 4.69) is 58.9 Å². The number of hydrogen-bond donors (Lipinski definition) is 1. The third-order valence-electron chi connectivity index (χ3n) is 5.07. The Morgan fingerprint density at radius 3 is 2.62 bits per heavy atom. The van der Waals surface area contributed by atoms with Crippen LogP contribution in [0.15, 0.2) is 71.1 Å². The van der Waals surface area contributed by atoms with Crippen LogP contribution in [-0.2, 0) is 0 Å². The van der Waals surface area contributed by atoms with Crippen LogP contribution in [0, 0.1) is 3.57 Å². The second-order valence-corrected chi connectivity index (χ2v) is 8.34. The van der Waals surface area contributed by atoms with E-state index < -0.39 is 0 Å². The number of anilines is 1. The first-order valence-corrected chi connectivity index (χ1v) is 10.7. The minimum atomic E-state index is -0.129. The first-order chi connectivity index (χ1) is 14.0. The van der Waals surface area contributed by atoms with E-state index in [1.165, 1.54) is 5.56 Å². The molecule has 1 unspecified atom stereocenters. The van der Waals surface area contributed by atoms with Crippen molar-refractivity contribution < 1.29 is 9.21 Å². The maximum Gasteiger partial charge on any atom is 0.255 e. The quantitative estimate of drug-likeness (QED) is 0.307. The standard InChI is InChI=1S/C24H21IN2O2/c1-3-15(2)17-9-12-22-21(14-17)27-24(29-22)16-7-10-20(11-8-16)26-23(28)18-5-4-6-19(25)13-18/h4-15H,3H2,1-2H3,(H,26,28). The molecule has 0 aliphatic heterocycles. The third-order valence-corrected chi connectivity index (χ3v) is 5.74. The first-order valence-electron chi connectivity index (χ1n) is 9.61. The lowest BCUT2D eigenvalue weighted by Gasteiger charge is -2.07. The Morgan fingerprint density at radius 2 is 1.90 bits per heavy atom. The molecule has 146 valence electrons. The van der Waals surface area contributed by atoms with Crippen LogP contribution in [-0.4, -0.2) is 10.9 Å². The van der Waals surface area contributed by atoms with E-state index in [1.807, 2.05) is 48.5 Å². The number of nitrogens with one attached hydrogen (secondary N) is 1. The molecule has 0 saturated carbocycles. The number of amides is 1. The van der Waals surface area contributed by atoms with Gasteiger partial charge in [-0.05, 0) is 95.1 Å². The number of benzene rings is 3. The molecule has 29 heavy (non-hydrogen) atoms. The van der Waals surface area contributed by atoms with E-state index in [9.17, 15) is 4.79 Å². The van der Waals surface area contributed by atoms with Crippen molar-refractivity contribution in [1.29, 1.82) is 0 Å². The highest BCUT2D eigenvalue weighted by molar-refractivity contribution is 14.1. The van der Waals surface area contributed by atoms with Crippen molar-refractivity contribution in [2.75, 3.05) is 5.32 Å². The van der Waals surface area contributed by atoms with E-state index >= 15 is 0 Å². The minimum absolute atomic E-state index is 0.129. The van der Waals surface area contributed by atoms with E-state index in [0.29, 0.717) is 17.4 Å². The van der Waals surface area contributed by atoms with Gasteiger partial charge in [-0.25, -0.2) is 4.98 Å². The number of carbonyl (C=O) groups is 1. The summed E-state index contributed by atoms with van der Waals surface area (Å²) in [6, 6.07) is 21.2. The fourth-order valence-electron chi connectivity index (χ4n) is 3.14. The molecule has 0 spiro atoms. The van der Waals surface area contributed by atoms with Crippen molar-refractivity contribution in [2.45, 2.75) is 26.2 Å². The third kappa shape index (κ3) is 4.34. The van der Waals surface area contributed by atoms with Gasteiger partial charge in [0.2, 0.25) is 5.89 Å². The van der Waals surface area contributed by atoms with Crippen molar-refractivity contribution in [1.82, 2.24) is 4.98 Å².